The smallest absolute Gasteiger partial charge is 0.266 e. The van der Waals surface area contributed by atoms with E-state index in [1.807, 2.05) is 6.07 Å². The van der Waals surface area contributed by atoms with Gasteiger partial charge in [-0.05, 0) is 18.9 Å². The summed E-state index contributed by atoms with van der Waals surface area (Å²) in [6.07, 6.45) is 5.10. The Morgan fingerprint density at radius 2 is 2.08 bits per heavy atom. The van der Waals surface area contributed by atoms with Crippen LogP contribution in [0, 0.1) is 11.3 Å². The Labute approximate surface area is 147 Å². The van der Waals surface area contributed by atoms with E-state index in [9.17, 15) is 4.79 Å². The zero-order chi connectivity index (χ0) is 18.0. The third-order valence-corrected chi connectivity index (χ3v) is 4.44. The summed E-state index contributed by atoms with van der Waals surface area (Å²) >= 11 is 0. The summed E-state index contributed by atoms with van der Waals surface area (Å²) in [5.41, 5.74) is 1.000. The van der Waals surface area contributed by atoms with Gasteiger partial charge >= 0.3 is 0 Å². The number of nitriles is 1. The Bertz CT molecular complexity index is 844. The van der Waals surface area contributed by atoms with E-state index in [1.165, 1.54) is 6.20 Å². The van der Waals surface area contributed by atoms with Crippen LogP contribution in [0.1, 0.15) is 45.0 Å². The fourth-order valence-electron chi connectivity index (χ4n) is 3.03. The van der Waals surface area contributed by atoms with Gasteiger partial charge in [-0.1, -0.05) is 20.8 Å². The van der Waals surface area contributed by atoms with Gasteiger partial charge < -0.3 is 4.90 Å². The normalized spacial score (nSPS) is 17.5. The minimum Gasteiger partial charge on any atom is -0.350 e. The van der Waals surface area contributed by atoms with Crippen LogP contribution >= 0.6 is 0 Å². The van der Waals surface area contributed by atoms with Crippen LogP contribution in [0.5, 0.6) is 0 Å². The van der Waals surface area contributed by atoms with E-state index in [2.05, 4.69) is 40.7 Å². The first-order valence-corrected chi connectivity index (χ1v) is 8.46. The molecule has 25 heavy (non-hydrogen) atoms. The van der Waals surface area contributed by atoms with Crippen molar-refractivity contribution in [2.24, 2.45) is 0 Å². The second-order valence-corrected chi connectivity index (χ2v) is 7.35. The van der Waals surface area contributed by atoms with Crippen LogP contribution in [-0.2, 0) is 12.0 Å². The lowest BCUT2D eigenvalue weighted by atomic mass is 9.92. The van der Waals surface area contributed by atoms with Gasteiger partial charge in [0, 0.05) is 18.0 Å². The highest BCUT2D eigenvalue weighted by Gasteiger charge is 2.27. The molecule has 7 nitrogen and oxygen atoms in total. The van der Waals surface area contributed by atoms with Crippen molar-refractivity contribution in [3.8, 4) is 6.07 Å². The Balaban J connectivity index is 1.84. The average molecular weight is 338 g/mol. The van der Waals surface area contributed by atoms with Crippen LogP contribution in [0.25, 0.3) is 0 Å². The monoisotopic (exact) mass is 338 g/mol. The van der Waals surface area contributed by atoms with Gasteiger partial charge in [-0.3, -0.25) is 4.79 Å². The minimum atomic E-state index is -0.108. The quantitative estimate of drug-likeness (QED) is 0.849. The number of rotatable bonds is 3. The second-order valence-electron chi connectivity index (χ2n) is 7.35. The van der Waals surface area contributed by atoms with Gasteiger partial charge in [0.25, 0.3) is 5.56 Å². The Hall–Kier alpha value is -2.75. The molecule has 0 aromatic carbocycles. The fourth-order valence-corrected chi connectivity index (χ4v) is 3.03. The summed E-state index contributed by atoms with van der Waals surface area (Å²) in [6, 6.07) is 5.51. The molecule has 0 spiro atoms. The second kappa shape index (κ2) is 6.63. The largest absolute Gasteiger partial charge is 0.350 e. The molecule has 7 heteroatoms. The molecular weight excluding hydrogens is 316 g/mol. The molecule has 2 aromatic heterocycles. The first-order chi connectivity index (χ1) is 11.9. The van der Waals surface area contributed by atoms with E-state index < -0.39 is 0 Å². The topological polar surface area (TPSA) is 87.7 Å². The van der Waals surface area contributed by atoms with E-state index in [4.69, 9.17) is 5.26 Å². The molecule has 3 rings (SSSR count). The van der Waals surface area contributed by atoms with Crippen molar-refractivity contribution in [3.63, 3.8) is 0 Å². The van der Waals surface area contributed by atoms with Crippen LogP contribution in [0.4, 0.5) is 5.82 Å². The minimum absolute atomic E-state index is 0.0919. The lowest BCUT2D eigenvalue weighted by Gasteiger charge is -2.26. The first kappa shape index (κ1) is 17.1. The molecule has 0 bridgehead atoms. The van der Waals surface area contributed by atoms with Gasteiger partial charge in [-0.15, -0.1) is 0 Å². The maximum absolute atomic E-state index is 12.2. The van der Waals surface area contributed by atoms with E-state index in [-0.39, 0.29) is 17.0 Å². The molecule has 130 valence electrons. The molecule has 1 aliphatic heterocycles. The molecule has 0 saturated carbocycles. The highest BCUT2D eigenvalue weighted by molar-refractivity contribution is 5.39. The average Bonchev–Trinajstić information content (AvgIpc) is 3.04. The van der Waals surface area contributed by atoms with Gasteiger partial charge in [0.05, 0.1) is 30.7 Å². The molecule has 0 N–H and O–H groups in total. The number of anilines is 1. The van der Waals surface area contributed by atoms with Crippen LogP contribution in [0.15, 0.2) is 29.3 Å². The molecule has 1 aliphatic rings. The molecule has 2 aromatic rings. The van der Waals surface area contributed by atoms with E-state index in [0.717, 1.165) is 30.9 Å². The third-order valence-electron chi connectivity index (χ3n) is 4.44. The number of hydrogen-bond acceptors (Lipinski definition) is 6. The summed E-state index contributed by atoms with van der Waals surface area (Å²) < 4.78 is 1.56. The van der Waals surface area contributed by atoms with Crippen molar-refractivity contribution in [1.29, 1.82) is 5.26 Å². The molecule has 1 unspecified atom stereocenters. The van der Waals surface area contributed by atoms with E-state index in [1.54, 1.807) is 23.0 Å². The maximum Gasteiger partial charge on any atom is 0.266 e. The summed E-state index contributed by atoms with van der Waals surface area (Å²) in [5, 5.41) is 13.4. The molecule has 1 fully saturated rings. The van der Waals surface area contributed by atoms with Crippen LogP contribution in [0.2, 0.25) is 0 Å². The van der Waals surface area contributed by atoms with Crippen molar-refractivity contribution in [2.45, 2.75) is 51.6 Å². The van der Waals surface area contributed by atoms with Gasteiger partial charge in [0.1, 0.15) is 11.9 Å². The van der Waals surface area contributed by atoms with Crippen molar-refractivity contribution < 1.29 is 0 Å². The SMILES string of the molecule is CC(C)(C)c1ccc(=O)n(CC2CCCN2c2cnc(C#N)cn2)n1. The lowest BCUT2D eigenvalue weighted by molar-refractivity contribution is 0.456. The third kappa shape index (κ3) is 3.68. The number of nitrogens with zero attached hydrogens (tertiary/aromatic N) is 6. The van der Waals surface area contributed by atoms with Crippen molar-refractivity contribution in [1.82, 2.24) is 19.7 Å². The molecular formula is C18H22N6O. The summed E-state index contributed by atoms with van der Waals surface area (Å²) in [6.45, 7) is 7.62. The Morgan fingerprint density at radius 1 is 1.28 bits per heavy atom. The highest BCUT2D eigenvalue weighted by atomic mass is 16.1. The first-order valence-electron chi connectivity index (χ1n) is 8.46. The molecule has 0 aliphatic carbocycles. The van der Waals surface area contributed by atoms with Gasteiger partial charge in [-0.2, -0.15) is 10.4 Å². The maximum atomic E-state index is 12.2. The summed E-state index contributed by atoms with van der Waals surface area (Å²) in [7, 11) is 0. The van der Waals surface area contributed by atoms with E-state index in [0.29, 0.717) is 12.2 Å². The lowest BCUT2D eigenvalue weighted by Crippen LogP contribution is -2.38. The van der Waals surface area contributed by atoms with Gasteiger partial charge in [-0.25, -0.2) is 14.6 Å². The summed E-state index contributed by atoms with van der Waals surface area (Å²) in [4.78, 5) is 22.8. The predicted molar refractivity (Wildman–Crippen MR) is 94.3 cm³/mol. The molecule has 0 radical (unpaired) electrons. The predicted octanol–water partition coefficient (Wildman–Crippen LogP) is 1.87. The molecule has 0 amide bonds. The van der Waals surface area contributed by atoms with Crippen molar-refractivity contribution in [3.05, 3.63) is 46.3 Å². The van der Waals surface area contributed by atoms with Crippen molar-refractivity contribution in [2.75, 3.05) is 11.4 Å². The van der Waals surface area contributed by atoms with E-state index >= 15 is 0 Å². The van der Waals surface area contributed by atoms with Crippen LogP contribution in [0.3, 0.4) is 0 Å². The Kier molecular flexibility index (Phi) is 4.53. The Morgan fingerprint density at radius 3 is 2.72 bits per heavy atom. The number of aromatic nitrogens is 4. The van der Waals surface area contributed by atoms with Gasteiger partial charge in [0.15, 0.2) is 5.69 Å². The fraction of sp³-hybridized carbons (Fsp3) is 0.500. The van der Waals surface area contributed by atoms with Crippen LogP contribution in [-0.4, -0.2) is 32.3 Å². The number of hydrogen-bond donors (Lipinski definition) is 0. The van der Waals surface area contributed by atoms with Crippen molar-refractivity contribution >= 4 is 5.82 Å². The zero-order valence-electron chi connectivity index (χ0n) is 14.8. The van der Waals surface area contributed by atoms with Gasteiger partial charge in [0.2, 0.25) is 0 Å². The zero-order valence-corrected chi connectivity index (χ0v) is 14.8. The molecule has 1 saturated heterocycles. The van der Waals surface area contributed by atoms with Crippen LogP contribution < -0.4 is 10.5 Å². The highest BCUT2D eigenvalue weighted by Crippen LogP contribution is 2.24. The standard InChI is InChI=1S/C18H22N6O/c1-18(2,3)15-6-7-17(25)24(22-15)12-14-5-4-8-23(14)16-11-20-13(9-19)10-21-16/h6-7,10-11,14H,4-5,8,12H2,1-3H3. The molecule has 1 atom stereocenters. The summed E-state index contributed by atoms with van der Waals surface area (Å²) in [5.74, 6) is 0.738. The molecule has 3 heterocycles.